The predicted molar refractivity (Wildman–Crippen MR) is 135 cm³/mol. The monoisotopic (exact) mass is 470 g/mol. The molecular formula is C30H46O4. The molecule has 4 aliphatic rings. The van der Waals surface area contributed by atoms with Gasteiger partial charge in [0.25, 0.3) is 0 Å². The van der Waals surface area contributed by atoms with Crippen molar-refractivity contribution in [1.29, 1.82) is 0 Å². The molecule has 2 N–H and O–H groups in total. The maximum Gasteiger partial charge on any atom is 0.306 e. The van der Waals surface area contributed by atoms with Gasteiger partial charge < -0.3 is 10.2 Å². The van der Waals surface area contributed by atoms with E-state index in [2.05, 4.69) is 46.8 Å². The van der Waals surface area contributed by atoms with Crippen molar-refractivity contribution in [2.24, 2.45) is 45.3 Å². The highest BCUT2D eigenvalue weighted by Gasteiger charge is 2.68. The number of ketones is 1. The largest absolute Gasteiger partial charge is 0.481 e. The molecule has 0 amide bonds. The van der Waals surface area contributed by atoms with Gasteiger partial charge >= 0.3 is 5.97 Å². The third kappa shape index (κ3) is 3.49. The van der Waals surface area contributed by atoms with Gasteiger partial charge in [-0.25, -0.2) is 0 Å². The van der Waals surface area contributed by atoms with Crippen LogP contribution in [-0.2, 0) is 9.59 Å². The highest BCUT2D eigenvalue weighted by molar-refractivity contribution is 5.85. The van der Waals surface area contributed by atoms with Crippen LogP contribution < -0.4 is 0 Å². The van der Waals surface area contributed by atoms with Crippen LogP contribution in [0.4, 0.5) is 0 Å². The zero-order chi connectivity index (χ0) is 25.3. The number of carbonyl (C=O) groups is 2. The summed E-state index contributed by atoms with van der Waals surface area (Å²) < 4.78 is 0. The Kier molecular flexibility index (Phi) is 6.28. The number of hydrogen-bond donors (Lipinski definition) is 2. The number of hydrogen-bond acceptors (Lipinski definition) is 3. The minimum Gasteiger partial charge on any atom is -0.481 e. The number of carbonyl (C=O) groups excluding carboxylic acids is 1. The summed E-state index contributed by atoms with van der Waals surface area (Å²) in [7, 11) is 0. The molecule has 0 aliphatic heterocycles. The van der Waals surface area contributed by atoms with Gasteiger partial charge in [0.05, 0.1) is 12.0 Å². The van der Waals surface area contributed by atoms with Crippen molar-refractivity contribution in [2.45, 2.75) is 106 Å². The first-order valence-electron chi connectivity index (χ1n) is 13.5. The summed E-state index contributed by atoms with van der Waals surface area (Å²) in [6.07, 6.45) is 10.4. The zero-order valence-corrected chi connectivity index (χ0v) is 22.4. The second-order valence-corrected chi connectivity index (χ2v) is 13.5. The van der Waals surface area contributed by atoms with E-state index in [1.807, 2.05) is 13.8 Å². The first-order valence-corrected chi connectivity index (χ1v) is 13.5. The molecule has 0 bridgehead atoms. The molecular weight excluding hydrogens is 424 g/mol. The highest BCUT2D eigenvalue weighted by atomic mass is 16.4. The molecule has 34 heavy (non-hydrogen) atoms. The van der Waals surface area contributed by atoms with E-state index in [1.54, 1.807) is 0 Å². The lowest BCUT2D eigenvalue weighted by molar-refractivity contribution is -0.151. The van der Waals surface area contributed by atoms with E-state index in [0.29, 0.717) is 36.9 Å². The molecule has 8 unspecified atom stereocenters. The number of carboxylic acids is 1. The SMILES string of the molecule is CC(C)=CCCC(C(=O)O)C1C(O)CC2(C)C3=CCC4C(C)(C)C(=O)CCC4(C)C3CCC12C. The summed E-state index contributed by atoms with van der Waals surface area (Å²) in [5.41, 5.74) is 2.01. The zero-order valence-electron chi connectivity index (χ0n) is 22.4. The Morgan fingerprint density at radius 3 is 2.47 bits per heavy atom. The van der Waals surface area contributed by atoms with Gasteiger partial charge in [0, 0.05) is 17.8 Å². The summed E-state index contributed by atoms with van der Waals surface area (Å²) in [6.45, 7) is 15.4. The van der Waals surface area contributed by atoms with Gasteiger partial charge in [0.1, 0.15) is 5.78 Å². The van der Waals surface area contributed by atoms with Crippen LogP contribution in [0.25, 0.3) is 0 Å². The Labute approximate surface area is 206 Å². The molecule has 0 heterocycles. The standard InChI is InChI=1S/C30H46O4/c1-18(2)9-8-10-19(26(33)34)25-22(31)17-30(7)21-11-12-23-27(3,4)24(32)14-15-28(23,5)20(21)13-16-29(25,30)6/h9,11,19-20,22-23,25,31H,8,10,12-17H2,1-7H3,(H,33,34). The molecule has 0 aromatic heterocycles. The Bertz CT molecular complexity index is 924. The number of Topliss-reactive ketones (excluding diaryl/α,β-unsaturated/α-hetero) is 1. The molecule has 3 saturated carbocycles. The first-order chi connectivity index (χ1) is 15.7. The molecule has 0 radical (unpaired) electrons. The molecule has 190 valence electrons. The molecule has 4 aliphatic carbocycles. The lowest BCUT2D eigenvalue weighted by Gasteiger charge is -2.63. The van der Waals surface area contributed by atoms with Crippen LogP contribution in [0.5, 0.6) is 0 Å². The number of fused-ring (bicyclic) bond motifs is 5. The van der Waals surface area contributed by atoms with Crippen molar-refractivity contribution in [1.82, 2.24) is 0 Å². The summed E-state index contributed by atoms with van der Waals surface area (Å²) >= 11 is 0. The second kappa shape index (κ2) is 8.32. The summed E-state index contributed by atoms with van der Waals surface area (Å²) in [6, 6.07) is 0. The van der Waals surface area contributed by atoms with Crippen LogP contribution >= 0.6 is 0 Å². The highest BCUT2D eigenvalue weighted by Crippen LogP contribution is 2.73. The minimum atomic E-state index is -0.768. The van der Waals surface area contributed by atoms with Crippen molar-refractivity contribution in [3.05, 3.63) is 23.3 Å². The Balaban J connectivity index is 1.71. The number of allylic oxidation sites excluding steroid dienone is 4. The van der Waals surface area contributed by atoms with Crippen molar-refractivity contribution >= 4 is 11.8 Å². The number of aliphatic hydroxyl groups is 1. The third-order valence-corrected chi connectivity index (χ3v) is 11.4. The lowest BCUT2D eigenvalue weighted by Crippen LogP contribution is -2.57. The number of carboxylic acid groups (broad SMARTS) is 1. The molecule has 0 saturated heterocycles. The van der Waals surface area contributed by atoms with E-state index in [1.165, 1.54) is 11.1 Å². The summed E-state index contributed by atoms with van der Waals surface area (Å²) in [5, 5.41) is 21.7. The fraction of sp³-hybridized carbons (Fsp3) is 0.800. The normalized spacial score (nSPS) is 43.8. The molecule has 4 rings (SSSR count). The van der Waals surface area contributed by atoms with E-state index in [0.717, 1.165) is 32.1 Å². The molecule has 0 spiro atoms. The lowest BCUT2D eigenvalue weighted by atomic mass is 9.41. The van der Waals surface area contributed by atoms with Gasteiger partial charge in [0.2, 0.25) is 0 Å². The molecule has 4 heteroatoms. The van der Waals surface area contributed by atoms with Crippen molar-refractivity contribution in [3.8, 4) is 0 Å². The van der Waals surface area contributed by atoms with E-state index in [-0.39, 0.29) is 27.6 Å². The van der Waals surface area contributed by atoms with Gasteiger partial charge in [-0.05, 0) is 86.9 Å². The quantitative estimate of drug-likeness (QED) is 0.445. The smallest absolute Gasteiger partial charge is 0.306 e. The Morgan fingerprint density at radius 2 is 1.85 bits per heavy atom. The van der Waals surface area contributed by atoms with Crippen LogP contribution in [0.15, 0.2) is 23.3 Å². The fourth-order valence-corrected chi connectivity index (χ4v) is 9.34. The van der Waals surface area contributed by atoms with E-state index >= 15 is 0 Å². The van der Waals surface area contributed by atoms with E-state index < -0.39 is 18.0 Å². The third-order valence-electron chi connectivity index (χ3n) is 11.4. The molecule has 0 aromatic carbocycles. The average molecular weight is 471 g/mol. The van der Waals surface area contributed by atoms with Crippen molar-refractivity contribution < 1.29 is 19.8 Å². The maximum absolute atomic E-state index is 12.8. The molecule has 3 fully saturated rings. The van der Waals surface area contributed by atoms with Crippen LogP contribution in [0.3, 0.4) is 0 Å². The van der Waals surface area contributed by atoms with Gasteiger partial charge in [-0.15, -0.1) is 0 Å². The van der Waals surface area contributed by atoms with Gasteiger partial charge in [-0.1, -0.05) is 57.9 Å². The number of rotatable bonds is 5. The van der Waals surface area contributed by atoms with Crippen LogP contribution in [0.2, 0.25) is 0 Å². The van der Waals surface area contributed by atoms with Gasteiger partial charge in [0.15, 0.2) is 0 Å². The maximum atomic E-state index is 12.8. The number of aliphatic carboxylic acids is 1. The van der Waals surface area contributed by atoms with E-state index in [9.17, 15) is 19.8 Å². The fourth-order valence-electron chi connectivity index (χ4n) is 9.34. The Morgan fingerprint density at radius 1 is 1.18 bits per heavy atom. The second-order valence-electron chi connectivity index (χ2n) is 13.5. The Hall–Kier alpha value is -1.42. The van der Waals surface area contributed by atoms with Crippen molar-refractivity contribution in [2.75, 3.05) is 0 Å². The summed E-state index contributed by atoms with van der Waals surface area (Å²) in [4.78, 5) is 25.3. The molecule has 4 nitrogen and oxygen atoms in total. The van der Waals surface area contributed by atoms with E-state index in [4.69, 9.17) is 0 Å². The first kappa shape index (κ1) is 25.7. The van der Waals surface area contributed by atoms with Crippen LogP contribution in [-0.4, -0.2) is 28.1 Å². The average Bonchev–Trinajstić information content (AvgIpc) is 2.94. The van der Waals surface area contributed by atoms with Crippen LogP contribution in [0.1, 0.15) is 99.8 Å². The molecule has 8 atom stereocenters. The van der Waals surface area contributed by atoms with Gasteiger partial charge in [-0.3, -0.25) is 9.59 Å². The molecule has 0 aromatic rings. The predicted octanol–water partition coefficient (Wildman–Crippen LogP) is 6.58. The van der Waals surface area contributed by atoms with Crippen molar-refractivity contribution in [3.63, 3.8) is 0 Å². The van der Waals surface area contributed by atoms with Gasteiger partial charge in [-0.2, -0.15) is 0 Å². The van der Waals surface area contributed by atoms with Crippen LogP contribution in [0, 0.1) is 45.3 Å². The summed E-state index contributed by atoms with van der Waals surface area (Å²) in [5.74, 6) is -0.380. The topological polar surface area (TPSA) is 74.6 Å². The minimum absolute atomic E-state index is 0.0878. The number of aliphatic hydroxyl groups excluding tert-OH is 1.